The molecule has 2 heterocycles. The van der Waals surface area contributed by atoms with Crippen molar-refractivity contribution >= 4 is 21.8 Å². The molecule has 0 unspecified atom stereocenters. The van der Waals surface area contributed by atoms with Crippen molar-refractivity contribution in [3.8, 4) is 0 Å². The Balaban J connectivity index is 1.85. The minimum atomic E-state index is 0.0852. The summed E-state index contributed by atoms with van der Waals surface area (Å²) >= 11 is 3.39. The highest BCUT2D eigenvalue weighted by molar-refractivity contribution is 9.10. The van der Waals surface area contributed by atoms with Crippen LogP contribution in [0.15, 0.2) is 28.7 Å². The van der Waals surface area contributed by atoms with Crippen LogP contribution in [0.3, 0.4) is 0 Å². The lowest BCUT2D eigenvalue weighted by molar-refractivity contribution is 0.0730. The third-order valence-corrected chi connectivity index (χ3v) is 4.36. The number of fused-ring (bicyclic) bond motifs is 1. The van der Waals surface area contributed by atoms with E-state index in [0.717, 1.165) is 34.4 Å². The minimum Gasteiger partial charge on any atom is -0.332 e. The topological polar surface area (TPSA) is 38.1 Å². The van der Waals surface area contributed by atoms with Crippen molar-refractivity contribution in [3.63, 3.8) is 0 Å². The van der Waals surface area contributed by atoms with Gasteiger partial charge in [-0.15, -0.1) is 0 Å². The number of carbonyl (C=O) groups excluding carboxylic acids is 1. The first-order valence-electron chi connectivity index (χ1n) is 6.62. The second-order valence-corrected chi connectivity index (χ2v) is 6.03. The summed E-state index contributed by atoms with van der Waals surface area (Å²) in [7, 11) is 1.94. The van der Waals surface area contributed by atoms with Gasteiger partial charge >= 0.3 is 0 Å². The standard InChI is InChI=1S/C15H16BrN3O/c1-10-13-7-8-19(9-14(13)18(2)17-10)15(20)11-3-5-12(16)6-4-11/h3-6H,7-9H2,1-2H3. The van der Waals surface area contributed by atoms with Gasteiger partial charge in [0, 0.05) is 23.6 Å². The Morgan fingerprint density at radius 2 is 2.00 bits per heavy atom. The molecule has 1 aromatic carbocycles. The second-order valence-electron chi connectivity index (χ2n) is 5.12. The van der Waals surface area contributed by atoms with E-state index < -0.39 is 0 Å². The maximum atomic E-state index is 12.5. The molecule has 2 aromatic rings. The molecule has 0 fully saturated rings. The van der Waals surface area contributed by atoms with Crippen molar-refractivity contribution in [1.29, 1.82) is 0 Å². The third kappa shape index (κ3) is 2.26. The fourth-order valence-electron chi connectivity index (χ4n) is 2.73. The van der Waals surface area contributed by atoms with Gasteiger partial charge < -0.3 is 4.90 Å². The van der Waals surface area contributed by atoms with Crippen molar-refractivity contribution in [1.82, 2.24) is 14.7 Å². The number of aromatic nitrogens is 2. The first-order valence-corrected chi connectivity index (χ1v) is 7.42. The smallest absolute Gasteiger partial charge is 0.254 e. The maximum absolute atomic E-state index is 12.5. The van der Waals surface area contributed by atoms with Crippen LogP contribution in [0.4, 0.5) is 0 Å². The molecule has 1 amide bonds. The Bertz CT molecular complexity index is 661. The van der Waals surface area contributed by atoms with E-state index in [0.29, 0.717) is 6.54 Å². The molecular weight excluding hydrogens is 318 g/mol. The fraction of sp³-hybridized carbons (Fsp3) is 0.333. The first-order chi connectivity index (χ1) is 9.56. The molecule has 4 nitrogen and oxygen atoms in total. The lowest BCUT2D eigenvalue weighted by atomic mass is 10.0. The van der Waals surface area contributed by atoms with Gasteiger partial charge in [0.1, 0.15) is 0 Å². The number of amides is 1. The Hall–Kier alpha value is -1.62. The molecule has 3 rings (SSSR count). The molecule has 5 heteroatoms. The summed E-state index contributed by atoms with van der Waals surface area (Å²) in [5, 5.41) is 4.44. The van der Waals surface area contributed by atoms with E-state index >= 15 is 0 Å². The Morgan fingerprint density at radius 3 is 2.70 bits per heavy atom. The Morgan fingerprint density at radius 1 is 1.30 bits per heavy atom. The first kappa shape index (κ1) is 13.4. The van der Waals surface area contributed by atoms with Crippen LogP contribution in [0, 0.1) is 6.92 Å². The largest absolute Gasteiger partial charge is 0.332 e. The predicted octanol–water partition coefficient (Wildman–Crippen LogP) is 2.69. The van der Waals surface area contributed by atoms with E-state index in [1.165, 1.54) is 5.56 Å². The van der Waals surface area contributed by atoms with E-state index in [-0.39, 0.29) is 5.91 Å². The lowest BCUT2D eigenvalue weighted by Crippen LogP contribution is -2.36. The third-order valence-electron chi connectivity index (χ3n) is 3.83. The number of rotatable bonds is 1. The zero-order valence-corrected chi connectivity index (χ0v) is 13.1. The molecule has 0 spiro atoms. The highest BCUT2D eigenvalue weighted by atomic mass is 79.9. The van der Waals surface area contributed by atoms with Gasteiger partial charge in [-0.1, -0.05) is 15.9 Å². The number of halogens is 1. The van der Waals surface area contributed by atoms with Crippen LogP contribution in [-0.2, 0) is 20.0 Å². The van der Waals surface area contributed by atoms with E-state index in [4.69, 9.17) is 0 Å². The summed E-state index contributed by atoms with van der Waals surface area (Å²) in [6.07, 6.45) is 0.886. The van der Waals surface area contributed by atoms with Crippen LogP contribution >= 0.6 is 15.9 Å². The van der Waals surface area contributed by atoms with Crippen LogP contribution in [0.25, 0.3) is 0 Å². The summed E-state index contributed by atoms with van der Waals surface area (Å²) in [6, 6.07) is 7.51. The highest BCUT2D eigenvalue weighted by Gasteiger charge is 2.25. The molecule has 0 bridgehead atoms. The molecule has 0 saturated heterocycles. The molecule has 0 saturated carbocycles. The average Bonchev–Trinajstić information content (AvgIpc) is 2.74. The number of hydrogen-bond acceptors (Lipinski definition) is 2. The zero-order valence-electron chi connectivity index (χ0n) is 11.6. The van der Waals surface area contributed by atoms with Gasteiger partial charge in [0.15, 0.2) is 0 Å². The number of hydrogen-bond donors (Lipinski definition) is 0. The number of aryl methyl sites for hydroxylation is 2. The molecule has 1 aliphatic rings. The molecule has 0 N–H and O–H groups in total. The van der Waals surface area contributed by atoms with E-state index in [9.17, 15) is 4.79 Å². The van der Waals surface area contributed by atoms with Crippen molar-refractivity contribution in [3.05, 3.63) is 51.3 Å². The number of carbonyl (C=O) groups is 1. The normalized spacial score (nSPS) is 14.2. The SMILES string of the molecule is Cc1nn(C)c2c1CCN(C(=O)c1ccc(Br)cc1)C2. The highest BCUT2D eigenvalue weighted by Crippen LogP contribution is 2.23. The van der Waals surface area contributed by atoms with Gasteiger partial charge in [-0.25, -0.2) is 0 Å². The summed E-state index contributed by atoms with van der Waals surface area (Å²) in [5.74, 6) is 0.0852. The number of benzene rings is 1. The Labute approximate surface area is 126 Å². The monoisotopic (exact) mass is 333 g/mol. The molecule has 1 aliphatic heterocycles. The van der Waals surface area contributed by atoms with Crippen LogP contribution < -0.4 is 0 Å². The summed E-state index contributed by atoms with van der Waals surface area (Å²) in [4.78, 5) is 14.4. The summed E-state index contributed by atoms with van der Waals surface area (Å²) in [6.45, 7) is 3.43. The van der Waals surface area contributed by atoms with Crippen LogP contribution in [0.1, 0.15) is 27.3 Å². The average molecular weight is 334 g/mol. The zero-order chi connectivity index (χ0) is 14.3. The van der Waals surface area contributed by atoms with Gasteiger partial charge in [-0.05, 0) is 43.2 Å². The predicted molar refractivity (Wildman–Crippen MR) is 80.5 cm³/mol. The van der Waals surface area contributed by atoms with Gasteiger partial charge in [0.2, 0.25) is 0 Å². The van der Waals surface area contributed by atoms with E-state index in [2.05, 4.69) is 21.0 Å². The van der Waals surface area contributed by atoms with Crippen LogP contribution in [0.5, 0.6) is 0 Å². The van der Waals surface area contributed by atoms with Crippen molar-refractivity contribution in [2.75, 3.05) is 6.54 Å². The van der Waals surface area contributed by atoms with Gasteiger partial charge in [0.25, 0.3) is 5.91 Å². The van der Waals surface area contributed by atoms with Crippen molar-refractivity contribution in [2.45, 2.75) is 19.9 Å². The van der Waals surface area contributed by atoms with E-state index in [1.54, 1.807) is 0 Å². The minimum absolute atomic E-state index is 0.0852. The molecule has 104 valence electrons. The molecule has 1 aromatic heterocycles. The molecule has 0 atom stereocenters. The van der Waals surface area contributed by atoms with Gasteiger partial charge in [-0.2, -0.15) is 5.10 Å². The van der Waals surface area contributed by atoms with Gasteiger partial charge in [-0.3, -0.25) is 9.48 Å². The second kappa shape index (κ2) is 5.05. The van der Waals surface area contributed by atoms with Crippen molar-refractivity contribution < 1.29 is 4.79 Å². The molecule has 0 aliphatic carbocycles. The lowest BCUT2D eigenvalue weighted by Gasteiger charge is -2.27. The molecule has 0 radical (unpaired) electrons. The van der Waals surface area contributed by atoms with Crippen LogP contribution in [0.2, 0.25) is 0 Å². The fourth-order valence-corrected chi connectivity index (χ4v) is 2.99. The molecule has 20 heavy (non-hydrogen) atoms. The quantitative estimate of drug-likeness (QED) is 0.804. The van der Waals surface area contributed by atoms with Crippen molar-refractivity contribution in [2.24, 2.45) is 7.05 Å². The summed E-state index contributed by atoms with van der Waals surface area (Å²) < 4.78 is 2.88. The van der Waals surface area contributed by atoms with Gasteiger partial charge in [0.05, 0.1) is 17.9 Å². The molecular formula is C15H16BrN3O. The van der Waals surface area contributed by atoms with Crippen LogP contribution in [-0.4, -0.2) is 27.1 Å². The Kier molecular flexibility index (Phi) is 3.38. The summed E-state index contributed by atoms with van der Waals surface area (Å²) in [5.41, 5.74) is 4.26. The maximum Gasteiger partial charge on any atom is 0.254 e. The number of nitrogens with zero attached hydrogens (tertiary/aromatic N) is 3. The van der Waals surface area contributed by atoms with E-state index in [1.807, 2.05) is 47.8 Å².